The van der Waals surface area contributed by atoms with Crippen molar-refractivity contribution in [3.63, 3.8) is 0 Å². The maximum atomic E-state index is 5.38. The summed E-state index contributed by atoms with van der Waals surface area (Å²) in [5.74, 6) is 2.74. The lowest BCUT2D eigenvalue weighted by molar-refractivity contribution is 0.280. The van der Waals surface area contributed by atoms with Gasteiger partial charge in [-0.25, -0.2) is 0 Å². The minimum Gasteiger partial charge on any atom is -0.339 e. The van der Waals surface area contributed by atoms with E-state index in [1.54, 1.807) is 0 Å². The lowest BCUT2D eigenvalue weighted by atomic mass is 9.85. The van der Waals surface area contributed by atoms with Gasteiger partial charge in [0, 0.05) is 5.92 Å². The highest BCUT2D eigenvalue weighted by atomic mass is 16.5. The van der Waals surface area contributed by atoms with Crippen LogP contribution in [0.4, 0.5) is 0 Å². The number of nitrogens with zero attached hydrogens (tertiary/aromatic N) is 3. The molecule has 0 spiro atoms. The third-order valence-corrected chi connectivity index (χ3v) is 4.66. The lowest BCUT2D eigenvalue weighted by Gasteiger charge is -2.20. The van der Waals surface area contributed by atoms with Crippen LogP contribution in [0.1, 0.15) is 61.7 Å². The van der Waals surface area contributed by atoms with Crippen LogP contribution in [0.2, 0.25) is 0 Å². The fourth-order valence-corrected chi connectivity index (χ4v) is 2.84. The number of hydrogen-bond donors (Lipinski definition) is 0. The summed E-state index contributed by atoms with van der Waals surface area (Å²) in [5.41, 5.74) is 1.41. The highest BCUT2D eigenvalue weighted by Crippen LogP contribution is 2.35. The first-order valence-electron chi connectivity index (χ1n) is 8.28. The van der Waals surface area contributed by atoms with E-state index >= 15 is 0 Å². The molecule has 4 nitrogen and oxygen atoms in total. The molecule has 0 radical (unpaired) electrons. The van der Waals surface area contributed by atoms with E-state index < -0.39 is 0 Å². The van der Waals surface area contributed by atoms with Crippen molar-refractivity contribution in [1.82, 2.24) is 15.0 Å². The molecule has 0 amide bonds. The Hall–Kier alpha value is -1.68. The van der Waals surface area contributed by atoms with Crippen molar-refractivity contribution in [1.29, 1.82) is 0 Å². The smallest absolute Gasteiger partial charge is 0.229 e. The van der Waals surface area contributed by atoms with Gasteiger partial charge in [-0.15, -0.1) is 0 Å². The normalized spacial score (nSPS) is 16.7. The average Bonchev–Trinajstić information content (AvgIpc) is 2.91. The van der Waals surface area contributed by atoms with Crippen LogP contribution in [-0.2, 0) is 6.54 Å². The molecule has 1 aromatic heterocycles. The molecule has 1 fully saturated rings. The van der Waals surface area contributed by atoms with E-state index in [2.05, 4.69) is 59.3 Å². The third kappa shape index (κ3) is 3.74. The van der Waals surface area contributed by atoms with Gasteiger partial charge in [-0.3, -0.25) is 4.90 Å². The van der Waals surface area contributed by atoms with Crippen molar-refractivity contribution < 1.29 is 4.52 Å². The van der Waals surface area contributed by atoms with E-state index in [1.807, 2.05) is 0 Å². The van der Waals surface area contributed by atoms with Crippen molar-refractivity contribution in [2.45, 2.75) is 51.0 Å². The zero-order valence-corrected chi connectivity index (χ0v) is 13.5. The van der Waals surface area contributed by atoms with Crippen LogP contribution in [0, 0.1) is 0 Å². The topological polar surface area (TPSA) is 42.2 Å². The van der Waals surface area contributed by atoms with Gasteiger partial charge in [0.2, 0.25) is 5.89 Å². The van der Waals surface area contributed by atoms with Gasteiger partial charge in [-0.2, -0.15) is 4.98 Å². The molecule has 1 aliphatic rings. The predicted octanol–water partition coefficient (Wildman–Crippen LogP) is 3.96. The van der Waals surface area contributed by atoms with E-state index in [0.29, 0.717) is 11.8 Å². The number of aromatic nitrogens is 2. The van der Waals surface area contributed by atoms with Crippen LogP contribution in [0.5, 0.6) is 0 Å². The van der Waals surface area contributed by atoms with Crippen LogP contribution in [0.15, 0.2) is 34.9 Å². The highest BCUT2D eigenvalue weighted by molar-refractivity contribution is 5.18. The summed E-state index contributed by atoms with van der Waals surface area (Å²) >= 11 is 0. The summed E-state index contributed by atoms with van der Waals surface area (Å²) in [5, 5.41) is 4.12. The standard InChI is InChI=1S/C18H25N3O/c1-14(15-7-4-3-5-8-15)11-12-21(2)13-17-19-18(22-20-17)16-9-6-10-16/h3-5,7-8,14,16H,6,9-13H2,1-2H3/t14-/m0/s1. The van der Waals surface area contributed by atoms with Gasteiger partial charge in [-0.05, 0) is 44.3 Å². The van der Waals surface area contributed by atoms with E-state index in [-0.39, 0.29) is 0 Å². The summed E-state index contributed by atoms with van der Waals surface area (Å²) < 4.78 is 5.38. The molecule has 4 heteroatoms. The van der Waals surface area contributed by atoms with Crippen molar-refractivity contribution in [3.05, 3.63) is 47.6 Å². The molecule has 22 heavy (non-hydrogen) atoms. The van der Waals surface area contributed by atoms with Gasteiger partial charge in [0.25, 0.3) is 0 Å². The first kappa shape index (κ1) is 15.2. The lowest BCUT2D eigenvalue weighted by Crippen LogP contribution is -2.21. The molecule has 0 aliphatic heterocycles. The Balaban J connectivity index is 1.46. The zero-order chi connectivity index (χ0) is 15.4. The minimum absolute atomic E-state index is 0.518. The quantitative estimate of drug-likeness (QED) is 0.776. The Labute approximate surface area is 132 Å². The van der Waals surface area contributed by atoms with E-state index in [4.69, 9.17) is 4.52 Å². The molecule has 1 aliphatic carbocycles. The Kier molecular flexibility index (Phi) is 4.88. The van der Waals surface area contributed by atoms with Crippen molar-refractivity contribution >= 4 is 0 Å². The van der Waals surface area contributed by atoms with Gasteiger partial charge in [0.05, 0.1) is 6.54 Å². The average molecular weight is 299 g/mol. The molecule has 0 unspecified atom stereocenters. The maximum absolute atomic E-state index is 5.38. The van der Waals surface area contributed by atoms with Crippen LogP contribution in [-0.4, -0.2) is 28.6 Å². The summed E-state index contributed by atoms with van der Waals surface area (Å²) in [6, 6.07) is 10.7. The molecule has 0 N–H and O–H groups in total. The Morgan fingerprint density at radius 3 is 2.73 bits per heavy atom. The molecular formula is C18H25N3O. The Morgan fingerprint density at radius 1 is 1.27 bits per heavy atom. The molecule has 1 saturated carbocycles. The third-order valence-electron chi connectivity index (χ3n) is 4.66. The van der Waals surface area contributed by atoms with Crippen LogP contribution < -0.4 is 0 Å². The first-order chi connectivity index (χ1) is 10.7. The summed E-state index contributed by atoms with van der Waals surface area (Å²) in [4.78, 5) is 6.81. The minimum atomic E-state index is 0.518. The van der Waals surface area contributed by atoms with Gasteiger partial charge < -0.3 is 4.52 Å². The largest absolute Gasteiger partial charge is 0.339 e. The molecule has 1 heterocycles. The molecule has 2 aromatic rings. The second kappa shape index (κ2) is 7.05. The fourth-order valence-electron chi connectivity index (χ4n) is 2.84. The Morgan fingerprint density at radius 2 is 2.05 bits per heavy atom. The van der Waals surface area contributed by atoms with Crippen molar-refractivity contribution in [2.24, 2.45) is 0 Å². The van der Waals surface area contributed by atoms with Gasteiger partial charge in [0.1, 0.15) is 0 Å². The zero-order valence-electron chi connectivity index (χ0n) is 13.5. The van der Waals surface area contributed by atoms with Crippen LogP contribution >= 0.6 is 0 Å². The molecular weight excluding hydrogens is 274 g/mol. The second-order valence-electron chi connectivity index (χ2n) is 6.51. The summed E-state index contributed by atoms with van der Waals surface area (Å²) in [6.45, 7) is 4.08. The van der Waals surface area contributed by atoms with Crippen molar-refractivity contribution in [3.8, 4) is 0 Å². The molecule has 1 atom stereocenters. The first-order valence-corrected chi connectivity index (χ1v) is 8.28. The predicted molar refractivity (Wildman–Crippen MR) is 86.7 cm³/mol. The van der Waals surface area contributed by atoms with E-state index in [9.17, 15) is 0 Å². The van der Waals surface area contributed by atoms with Crippen LogP contribution in [0.3, 0.4) is 0 Å². The fraction of sp³-hybridized carbons (Fsp3) is 0.556. The van der Waals surface area contributed by atoms with Crippen molar-refractivity contribution in [2.75, 3.05) is 13.6 Å². The summed E-state index contributed by atoms with van der Waals surface area (Å²) in [7, 11) is 2.12. The van der Waals surface area contributed by atoms with E-state index in [0.717, 1.165) is 31.2 Å². The number of benzene rings is 1. The number of hydrogen-bond acceptors (Lipinski definition) is 4. The maximum Gasteiger partial charge on any atom is 0.229 e. The molecule has 1 aromatic carbocycles. The molecule has 0 bridgehead atoms. The monoisotopic (exact) mass is 299 g/mol. The molecule has 3 rings (SSSR count). The van der Waals surface area contributed by atoms with E-state index in [1.165, 1.54) is 24.8 Å². The van der Waals surface area contributed by atoms with Gasteiger partial charge in [0.15, 0.2) is 5.82 Å². The summed E-state index contributed by atoms with van der Waals surface area (Å²) in [6.07, 6.45) is 4.83. The molecule has 0 saturated heterocycles. The second-order valence-corrected chi connectivity index (χ2v) is 6.51. The van der Waals surface area contributed by atoms with Gasteiger partial charge in [-0.1, -0.05) is 48.8 Å². The van der Waals surface area contributed by atoms with Crippen LogP contribution in [0.25, 0.3) is 0 Å². The Bertz CT molecular complexity index is 577. The highest BCUT2D eigenvalue weighted by Gasteiger charge is 2.25. The number of rotatable bonds is 7. The molecule has 118 valence electrons. The van der Waals surface area contributed by atoms with Gasteiger partial charge >= 0.3 is 0 Å². The SMILES string of the molecule is C[C@@H](CCN(C)Cc1noc(C2CCC2)n1)c1ccccc1.